The second kappa shape index (κ2) is 5.04. The third-order valence-corrected chi connectivity index (χ3v) is 2.96. The standard InChI is InChI=1S/C4H7O.C2H3O.Zr/c1-2-3-4-5;1-2-3;/h2-3H2,1H3;1H3;. The molecule has 0 heterocycles. The van der Waals surface area contributed by atoms with Crippen molar-refractivity contribution >= 4 is 6.98 Å². The van der Waals surface area contributed by atoms with Crippen LogP contribution in [0.5, 0.6) is 0 Å². The summed E-state index contributed by atoms with van der Waals surface area (Å²) >= 11 is -1.27. The van der Waals surface area contributed by atoms with E-state index >= 15 is 0 Å². The second-order valence-corrected chi connectivity index (χ2v) is 5.57. The summed E-state index contributed by atoms with van der Waals surface area (Å²) in [7, 11) is 0. The Labute approximate surface area is 66.6 Å². The third-order valence-electron chi connectivity index (χ3n) is 0.793. The van der Waals surface area contributed by atoms with E-state index in [0.29, 0.717) is 6.42 Å². The van der Waals surface area contributed by atoms with Gasteiger partial charge in [0.25, 0.3) is 0 Å². The summed E-state index contributed by atoms with van der Waals surface area (Å²) in [5, 5.41) is 0. The van der Waals surface area contributed by atoms with Gasteiger partial charge in [-0.05, 0) is 0 Å². The van der Waals surface area contributed by atoms with Gasteiger partial charge in [-0.15, -0.1) is 0 Å². The van der Waals surface area contributed by atoms with Gasteiger partial charge in [-0.25, -0.2) is 0 Å². The van der Waals surface area contributed by atoms with E-state index in [4.69, 9.17) is 0 Å². The van der Waals surface area contributed by atoms with Gasteiger partial charge in [0.05, 0.1) is 0 Å². The fourth-order valence-electron chi connectivity index (χ4n) is 0.486. The molecule has 0 aliphatic heterocycles. The Bertz CT molecular complexity index is 120. The van der Waals surface area contributed by atoms with E-state index < -0.39 is 23.2 Å². The molecule has 0 aromatic rings. The molecule has 0 amide bonds. The molecular weight excluding hydrogens is 195 g/mol. The molecule has 0 saturated heterocycles. The van der Waals surface area contributed by atoms with E-state index in [9.17, 15) is 9.59 Å². The molecule has 0 radical (unpaired) electrons. The zero-order valence-electron chi connectivity index (χ0n) is 5.73. The summed E-state index contributed by atoms with van der Waals surface area (Å²) in [5.74, 6) is 0. The number of hydrogen-bond acceptors (Lipinski definition) is 2. The topological polar surface area (TPSA) is 34.1 Å². The van der Waals surface area contributed by atoms with Crippen molar-refractivity contribution in [2.75, 3.05) is 0 Å². The van der Waals surface area contributed by atoms with Crippen LogP contribution in [0, 0.1) is 0 Å². The van der Waals surface area contributed by atoms with Crippen LogP contribution in [0.25, 0.3) is 0 Å². The van der Waals surface area contributed by atoms with Crippen LogP contribution in [-0.4, -0.2) is 6.98 Å². The normalized spacial score (nSPS) is 8.67. The minimum atomic E-state index is -1.27. The van der Waals surface area contributed by atoms with Crippen molar-refractivity contribution in [1.29, 1.82) is 0 Å². The van der Waals surface area contributed by atoms with Gasteiger partial charge in [0.1, 0.15) is 0 Å². The third kappa shape index (κ3) is 6.10. The van der Waals surface area contributed by atoms with Gasteiger partial charge in [-0.2, -0.15) is 0 Å². The molecule has 0 spiro atoms. The van der Waals surface area contributed by atoms with Crippen LogP contribution >= 0.6 is 0 Å². The van der Waals surface area contributed by atoms with E-state index in [1.54, 1.807) is 0 Å². The Morgan fingerprint density at radius 1 is 1.44 bits per heavy atom. The van der Waals surface area contributed by atoms with E-state index in [2.05, 4.69) is 0 Å². The Balaban J connectivity index is 3.39. The maximum absolute atomic E-state index is 10.7. The van der Waals surface area contributed by atoms with Crippen molar-refractivity contribution in [2.24, 2.45) is 0 Å². The fourth-order valence-corrected chi connectivity index (χ4v) is 2.37. The average Bonchev–Trinajstić information content (AvgIpc) is 1.63. The van der Waals surface area contributed by atoms with Gasteiger partial charge in [0, 0.05) is 0 Å². The van der Waals surface area contributed by atoms with Crippen LogP contribution in [0.3, 0.4) is 0 Å². The van der Waals surface area contributed by atoms with E-state index in [1.165, 1.54) is 6.92 Å². The number of hydrogen-bond donors (Lipinski definition) is 0. The van der Waals surface area contributed by atoms with E-state index in [0.717, 1.165) is 6.42 Å². The summed E-state index contributed by atoms with van der Waals surface area (Å²) in [6.45, 7) is 3.47. The summed E-state index contributed by atoms with van der Waals surface area (Å²) in [5.41, 5.74) is 0. The van der Waals surface area contributed by atoms with Crippen LogP contribution in [0.15, 0.2) is 0 Å². The van der Waals surface area contributed by atoms with Crippen LogP contribution in [-0.2, 0) is 32.8 Å². The van der Waals surface area contributed by atoms with Crippen LogP contribution in [0.2, 0.25) is 0 Å². The van der Waals surface area contributed by atoms with Gasteiger partial charge < -0.3 is 0 Å². The van der Waals surface area contributed by atoms with Crippen molar-refractivity contribution in [3.05, 3.63) is 0 Å². The first-order valence-electron chi connectivity index (χ1n) is 2.97. The van der Waals surface area contributed by atoms with E-state index in [-0.39, 0.29) is 6.98 Å². The predicted octanol–water partition coefficient (Wildman–Crippen LogP) is 0.942. The fraction of sp³-hybridized carbons (Fsp3) is 0.667. The molecule has 0 aromatic carbocycles. The van der Waals surface area contributed by atoms with E-state index in [1.807, 2.05) is 6.92 Å². The molecule has 50 valence electrons. The summed E-state index contributed by atoms with van der Waals surface area (Å²) < 4.78 is 0.366. The first kappa shape index (κ1) is 9.22. The Morgan fingerprint density at radius 2 is 2.00 bits per heavy atom. The van der Waals surface area contributed by atoms with Crippen LogP contribution in [0.1, 0.15) is 26.7 Å². The van der Waals surface area contributed by atoms with Crippen molar-refractivity contribution < 1.29 is 32.8 Å². The van der Waals surface area contributed by atoms with Gasteiger partial charge >= 0.3 is 66.5 Å². The maximum atomic E-state index is 10.7. The molecule has 0 rings (SSSR count). The summed E-state index contributed by atoms with van der Waals surface area (Å²) in [6, 6.07) is 0. The number of carbonyl (C=O) groups excluding carboxylic acids is 2. The molecule has 0 fully saturated rings. The minimum absolute atomic E-state index is 0.136. The molecule has 0 bridgehead atoms. The molecule has 0 aliphatic carbocycles. The molecule has 0 aliphatic rings. The molecule has 0 saturated carbocycles. The van der Waals surface area contributed by atoms with Crippen molar-refractivity contribution in [2.45, 2.75) is 26.7 Å². The molecule has 0 N–H and O–H groups in total. The van der Waals surface area contributed by atoms with Gasteiger partial charge in [-0.1, -0.05) is 0 Å². The van der Waals surface area contributed by atoms with Crippen molar-refractivity contribution in [3.8, 4) is 0 Å². The SMILES string of the molecule is CCC[C](=O)[Zr][C](C)=O. The van der Waals surface area contributed by atoms with Crippen LogP contribution in [0.4, 0.5) is 0 Å². The van der Waals surface area contributed by atoms with Crippen molar-refractivity contribution in [3.63, 3.8) is 0 Å². The summed E-state index contributed by atoms with van der Waals surface area (Å²) in [4.78, 5) is 21.1. The molecule has 0 unspecified atom stereocenters. The molecular formula is C6H10O2Zr. The average molecular weight is 205 g/mol. The molecule has 2 nitrogen and oxygen atoms in total. The monoisotopic (exact) mass is 204 g/mol. The quantitative estimate of drug-likeness (QED) is 0.684. The number of carbonyl (C=O) groups is 2. The Hall–Kier alpha value is 0.223. The Kier molecular flexibility index (Phi) is 5.17. The summed E-state index contributed by atoms with van der Waals surface area (Å²) in [6.07, 6.45) is 1.50. The second-order valence-electron chi connectivity index (χ2n) is 1.85. The molecule has 3 heteroatoms. The number of rotatable bonds is 4. The van der Waals surface area contributed by atoms with Gasteiger partial charge in [0.2, 0.25) is 0 Å². The predicted molar refractivity (Wildman–Crippen MR) is 30.6 cm³/mol. The van der Waals surface area contributed by atoms with Crippen LogP contribution < -0.4 is 0 Å². The zero-order valence-corrected chi connectivity index (χ0v) is 8.19. The first-order chi connectivity index (χ1) is 4.16. The zero-order chi connectivity index (χ0) is 7.28. The molecule has 9 heavy (non-hydrogen) atoms. The Morgan fingerprint density at radius 3 is 2.33 bits per heavy atom. The first-order valence-corrected chi connectivity index (χ1v) is 5.43. The molecule has 0 aromatic heterocycles. The molecule has 0 atom stereocenters. The van der Waals surface area contributed by atoms with Crippen molar-refractivity contribution in [1.82, 2.24) is 0 Å². The van der Waals surface area contributed by atoms with Gasteiger partial charge in [0.15, 0.2) is 0 Å². The van der Waals surface area contributed by atoms with Gasteiger partial charge in [-0.3, -0.25) is 0 Å².